The molecule has 37 heavy (non-hydrogen) atoms. The summed E-state index contributed by atoms with van der Waals surface area (Å²) in [5.41, 5.74) is 4.98. The van der Waals surface area contributed by atoms with Crippen LogP contribution in [0.5, 0.6) is 0 Å². The van der Waals surface area contributed by atoms with Gasteiger partial charge in [-0.25, -0.2) is 0 Å². The van der Waals surface area contributed by atoms with Crippen molar-refractivity contribution in [2.24, 2.45) is 7.05 Å². The smallest absolute Gasteiger partial charge is 0.300 e. The number of nitrogens with zero attached hydrogens (tertiary/aromatic N) is 2. The predicted octanol–water partition coefficient (Wildman–Crippen LogP) is 6.57. The van der Waals surface area contributed by atoms with Crippen molar-refractivity contribution in [3.63, 3.8) is 0 Å². The first-order valence-corrected chi connectivity index (χ1v) is 12.3. The zero-order valence-corrected chi connectivity index (χ0v) is 20.9. The summed E-state index contributed by atoms with van der Waals surface area (Å²) in [7, 11) is 1.94. The lowest BCUT2D eigenvalue weighted by molar-refractivity contribution is -0.132. The Morgan fingerprint density at radius 1 is 0.811 bits per heavy atom. The number of Topliss-reactive ketones (excluding diaryl/α,β-unsaturated/α-hetero) is 1. The van der Waals surface area contributed by atoms with Gasteiger partial charge in [0.2, 0.25) is 0 Å². The normalized spacial score (nSPS) is 17.3. The van der Waals surface area contributed by atoms with E-state index in [2.05, 4.69) is 0 Å². The molecule has 0 radical (unpaired) electrons. The van der Waals surface area contributed by atoms with E-state index in [1.807, 2.05) is 111 Å². The molecular weight excluding hydrogens is 460 g/mol. The fraction of sp³-hybridized carbons (Fsp3) is 0.125. The number of para-hydroxylation sites is 1. The van der Waals surface area contributed by atoms with E-state index in [9.17, 15) is 14.7 Å². The van der Waals surface area contributed by atoms with Crippen LogP contribution in [0.25, 0.3) is 27.4 Å². The third kappa shape index (κ3) is 3.62. The number of hydrogen-bond acceptors (Lipinski definition) is 3. The number of rotatable bonds is 3. The van der Waals surface area contributed by atoms with Crippen molar-refractivity contribution in [3.8, 4) is 0 Å². The van der Waals surface area contributed by atoms with Gasteiger partial charge in [0.15, 0.2) is 0 Å². The summed E-state index contributed by atoms with van der Waals surface area (Å²) < 4.78 is 1.99. The Morgan fingerprint density at radius 3 is 2.24 bits per heavy atom. The molecule has 1 saturated heterocycles. The van der Waals surface area contributed by atoms with Gasteiger partial charge in [-0.3, -0.25) is 14.5 Å². The number of carbonyl (C=O) groups excluding carboxylic acids is 2. The van der Waals surface area contributed by atoms with Gasteiger partial charge < -0.3 is 9.67 Å². The number of hydrogen-bond donors (Lipinski definition) is 1. The van der Waals surface area contributed by atoms with Crippen molar-refractivity contribution in [1.29, 1.82) is 0 Å². The van der Waals surface area contributed by atoms with E-state index in [4.69, 9.17) is 0 Å². The third-order valence-corrected chi connectivity index (χ3v) is 7.17. The second kappa shape index (κ2) is 8.49. The largest absolute Gasteiger partial charge is 0.507 e. The Morgan fingerprint density at radius 2 is 1.49 bits per heavy atom. The zero-order valence-electron chi connectivity index (χ0n) is 20.9. The van der Waals surface area contributed by atoms with Crippen LogP contribution in [0.2, 0.25) is 0 Å². The molecule has 5 nitrogen and oxygen atoms in total. The quantitative estimate of drug-likeness (QED) is 0.178. The fourth-order valence-corrected chi connectivity index (χ4v) is 5.57. The van der Waals surface area contributed by atoms with E-state index in [0.29, 0.717) is 11.3 Å². The van der Waals surface area contributed by atoms with Crippen LogP contribution in [0.15, 0.2) is 96.7 Å². The molecule has 4 aromatic carbocycles. The van der Waals surface area contributed by atoms with E-state index < -0.39 is 17.7 Å². The molecule has 6 rings (SSSR count). The van der Waals surface area contributed by atoms with Gasteiger partial charge in [0, 0.05) is 41.0 Å². The molecule has 1 amide bonds. The number of carbonyl (C=O) groups is 2. The second-order valence-corrected chi connectivity index (χ2v) is 9.79. The Bertz CT molecular complexity index is 1760. The molecule has 182 valence electrons. The van der Waals surface area contributed by atoms with Crippen LogP contribution in [0.1, 0.15) is 28.3 Å². The molecule has 5 aromatic rings. The number of anilines is 1. The Hall–Kier alpha value is -4.64. The number of aliphatic hydroxyl groups excluding tert-OH is 1. The number of aliphatic hydroxyl groups is 1. The molecular formula is C32H26N2O3. The summed E-state index contributed by atoms with van der Waals surface area (Å²) in [6.45, 7) is 3.93. The maximum absolute atomic E-state index is 13.6. The highest BCUT2D eigenvalue weighted by Gasteiger charge is 2.48. The van der Waals surface area contributed by atoms with Gasteiger partial charge in [-0.15, -0.1) is 0 Å². The van der Waals surface area contributed by atoms with Gasteiger partial charge in [0.05, 0.1) is 11.6 Å². The molecule has 1 aliphatic rings. The van der Waals surface area contributed by atoms with Crippen LogP contribution in [-0.2, 0) is 16.6 Å². The van der Waals surface area contributed by atoms with Crippen LogP contribution < -0.4 is 4.90 Å². The summed E-state index contributed by atoms with van der Waals surface area (Å²) in [4.78, 5) is 28.8. The monoisotopic (exact) mass is 486 g/mol. The Balaban J connectivity index is 1.64. The highest BCUT2D eigenvalue weighted by atomic mass is 16.3. The first-order valence-electron chi connectivity index (χ1n) is 12.3. The molecule has 0 bridgehead atoms. The van der Waals surface area contributed by atoms with Crippen LogP contribution in [-0.4, -0.2) is 21.4 Å². The van der Waals surface area contributed by atoms with Crippen molar-refractivity contribution in [1.82, 2.24) is 4.57 Å². The third-order valence-electron chi connectivity index (χ3n) is 7.17. The summed E-state index contributed by atoms with van der Waals surface area (Å²) in [6, 6.07) is 26.4. The zero-order chi connectivity index (χ0) is 25.8. The topological polar surface area (TPSA) is 62.5 Å². The minimum absolute atomic E-state index is 0.0933. The lowest BCUT2D eigenvalue weighted by atomic mass is 9.94. The van der Waals surface area contributed by atoms with Gasteiger partial charge in [0.1, 0.15) is 5.76 Å². The van der Waals surface area contributed by atoms with Gasteiger partial charge in [0.25, 0.3) is 11.7 Å². The molecule has 1 aromatic heterocycles. The molecule has 2 heterocycles. The van der Waals surface area contributed by atoms with E-state index in [-0.39, 0.29) is 11.3 Å². The summed E-state index contributed by atoms with van der Waals surface area (Å²) >= 11 is 0. The molecule has 0 spiro atoms. The number of amides is 1. The SMILES string of the molecule is Cc1cc(C)cc(N2C(=O)C(=O)/C(=C(/O)c3ccc4ccccc4c3)C2c2cn(C)c3ccccc23)c1. The lowest BCUT2D eigenvalue weighted by Crippen LogP contribution is -2.29. The van der Waals surface area contributed by atoms with E-state index in [1.165, 1.54) is 4.90 Å². The first-order chi connectivity index (χ1) is 17.8. The van der Waals surface area contributed by atoms with Crippen LogP contribution >= 0.6 is 0 Å². The Labute approximate surface area is 214 Å². The summed E-state index contributed by atoms with van der Waals surface area (Å²) in [5, 5.41) is 14.5. The molecule has 1 aliphatic heterocycles. The maximum Gasteiger partial charge on any atom is 0.300 e. The summed E-state index contributed by atoms with van der Waals surface area (Å²) in [5.74, 6) is -1.51. The van der Waals surface area contributed by atoms with Gasteiger partial charge in [-0.05, 0) is 60.0 Å². The van der Waals surface area contributed by atoms with Crippen LogP contribution in [0.4, 0.5) is 5.69 Å². The Kier molecular flexibility index (Phi) is 5.23. The van der Waals surface area contributed by atoms with Crippen molar-refractivity contribution in [2.45, 2.75) is 19.9 Å². The number of aryl methyl sites for hydroxylation is 3. The lowest BCUT2D eigenvalue weighted by Gasteiger charge is -2.25. The number of benzene rings is 4. The molecule has 1 atom stereocenters. The molecule has 1 N–H and O–H groups in total. The minimum Gasteiger partial charge on any atom is -0.507 e. The van der Waals surface area contributed by atoms with Gasteiger partial charge in [-0.1, -0.05) is 60.7 Å². The van der Waals surface area contributed by atoms with Crippen LogP contribution in [0, 0.1) is 13.8 Å². The molecule has 0 saturated carbocycles. The summed E-state index contributed by atoms with van der Waals surface area (Å²) in [6.07, 6.45) is 1.95. The van der Waals surface area contributed by atoms with Crippen molar-refractivity contribution >= 4 is 44.8 Å². The highest BCUT2D eigenvalue weighted by Crippen LogP contribution is 2.45. The molecule has 1 unspecified atom stereocenters. The standard InChI is InChI=1S/C32H26N2O3/c1-19-14-20(2)16-24(15-19)34-29(26-18-33(3)27-11-7-6-10-25(26)27)28(31(36)32(34)37)30(35)23-13-12-21-8-4-5-9-22(21)17-23/h4-18,29,35H,1-3H3/b30-28+. The van der Waals surface area contributed by atoms with Gasteiger partial charge >= 0.3 is 0 Å². The van der Waals surface area contributed by atoms with Crippen molar-refractivity contribution in [3.05, 3.63) is 119 Å². The van der Waals surface area contributed by atoms with E-state index in [1.54, 1.807) is 6.07 Å². The van der Waals surface area contributed by atoms with E-state index >= 15 is 0 Å². The number of aromatic nitrogens is 1. The van der Waals surface area contributed by atoms with E-state index in [0.717, 1.165) is 38.4 Å². The molecule has 1 fully saturated rings. The molecule has 5 heteroatoms. The maximum atomic E-state index is 13.6. The van der Waals surface area contributed by atoms with Crippen LogP contribution in [0.3, 0.4) is 0 Å². The predicted molar refractivity (Wildman–Crippen MR) is 148 cm³/mol. The fourth-order valence-electron chi connectivity index (χ4n) is 5.57. The number of ketones is 1. The van der Waals surface area contributed by atoms with Crippen molar-refractivity contribution < 1.29 is 14.7 Å². The average Bonchev–Trinajstić information content (AvgIpc) is 3.36. The number of fused-ring (bicyclic) bond motifs is 2. The van der Waals surface area contributed by atoms with Crippen molar-refractivity contribution in [2.75, 3.05) is 4.90 Å². The minimum atomic E-state index is -0.779. The first kappa shape index (κ1) is 22.8. The van der Waals surface area contributed by atoms with Gasteiger partial charge in [-0.2, -0.15) is 0 Å². The molecule has 0 aliphatic carbocycles. The average molecular weight is 487 g/mol. The highest BCUT2D eigenvalue weighted by molar-refractivity contribution is 6.52. The second-order valence-electron chi connectivity index (χ2n) is 9.79.